The molecule has 2 aromatic carbocycles. The maximum atomic E-state index is 12.2. The lowest BCUT2D eigenvalue weighted by molar-refractivity contribution is -0.153. The first-order valence-corrected chi connectivity index (χ1v) is 9.39. The molecule has 29 heavy (non-hydrogen) atoms. The molecule has 0 bridgehead atoms. The Labute approximate surface area is 170 Å². The average Bonchev–Trinajstić information content (AvgIpc) is 2.68. The number of carbonyl (C=O) groups excluding carboxylic acids is 4. The van der Waals surface area contributed by atoms with Gasteiger partial charge in [0.15, 0.2) is 17.7 Å². The molecule has 1 amide bonds. The van der Waals surface area contributed by atoms with Crippen LogP contribution in [0.3, 0.4) is 0 Å². The SMILES string of the molecule is CC(=O)c1ccc(NC(=O)[C@H](C)OC(=O)CCC(=O)c2ccc(C)c(C)c2)cc1. The molecule has 0 heterocycles. The molecule has 6 heteroatoms. The van der Waals surface area contributed by atoms with E-state index < -0.39 is 18.0 Å². The van der Waals surface area contributed by atoms with Crippen molar-refractivity contribution in [1.29, 1.82) is 0 Å². The third kappa shape index (κ3) is 6.38. The minimum Gasteiger partial charge on any atom is -0.453 e. The van der Waals surface area contributed by atoms with Crippen molar-refractivity contribution in [1.82, 2.24) is 0 Å². The highest BCUT2D eigenvalue weighted by Gasteiger charge is 2.19. The highest BCUT2D eigenvalue weighted by Crippen LogP contribution is 2.14. The number of ether oxygens (including phenoxy) is 1. The molecule has 0 saturated carbocycles. The van der Waals surface area contributed by atoms with Gasteiger partial charge in [-0.15, -0.1) is 0 Å². The summed E-state index contributed by atoms with van der Waals surface area (Å²) >= 11 is 0. The van der Waals surface area contributed by atoms with Crippen LogP contribution in [0.4, 0.5) is 5.69 Å². The minimum absolute atomic E-state index is 0.0161. The number of anilines is 1. The Morgan fingerprint density at radius 1 is 0.897 bits per heavy atom. The largest absolute Gasteiger partial charge is 0.453 e. The summed E-state index contributed by atoms with van der Waals surface area (Å²) in [5.41, 5.74) is 3.70. The van der Waals surface area contributed by atoms with Gasteiger partial charge in [-0.05, 0) is 69.2 Å². The van der Waals surface area contributed by atoms with Crippen LogP contribution in [0.5, 0.6) is 0 Å². The van der Waals surface area contributed by atoms with E-state index in [1.165, 1.54) is 13.8 Å². The van der Waals surface area contributed by atoms with Crippen LogP contribution in [0, 0.1) is 13.8 Å². The number of hydrogen-bond donors (Lipinski definition) is 1. The molecule has 0 aliphatic heterocycles. The summed E-state index contributed by atoms with van der Waals surface area (Å²) in [6.45, 7) is 6.81. The van der Waals surface area contributed by atoms with Crippen molar-refractivity contribution in [3.05, 3.63) is 64.7 Å². The Hall–Kier alpha value is -3.28. The van der Waals surface area contributed by atoms with Gasteiger partial charge in [0.05, 0.1) is 6.42 Å². The summed E-state index contributed by atoms with van der Waals surface area (Å²) < 4.78 is 5.12. The van der Waals surface area contributed by atoms with E-state index in [1.54, 1.807) is 36.4 Å². The summed E-state index contributed by atoms with van der Waals surface area (Å²) in [5.74, 6) is -1.32. The standard InChI is InChI=1S/C23H25NO5/c1-14-5-6-19(13-15(14)2)21(26)11-12-22(27)29-17(4)23(28)24-20-9-7-18(8-10-20)16(3)25/h5-10,13,17H,11-12H2,1-4H3,(H,24,28)/t17-/m0/s1. The van der Waals surface area contributed by atoms with Crippen LogP contribution in [-0.4, -0.2) is 29.5 Å². The second kappa shape index (κ2) is 9.78. The maximum Gasteiger partial charge on any atom is 0.307 e. The Balaban J connectivity index is 1.82. The molecule has 6 nitrogen and oxygen atoms in total. The van der Waals surface area contributed by atoms with Crippen LogP contribution in [0.1, 0.15) is 58.5 Å². The van der Waals surface area contributed by atoms with Gasteiger partial charge in [0.1, 0.15) is 0 Å². The van der Waals surface area contributed by atoms with Gasteiger partial charge in [-0.2, -0.15) is 0 Å². The molecule has 0 spiro atoms. The van der Waals surface area contributed by atoms with Gasteiger partial charge in [0.25, 0.3) is 5.91 Å². The van der Waals surface area contributed by atoms with E-state index in [0.29, 0.717) is 16.8 Å². The van der Waals surface area contributed by atoms with E-state index in [1.807, 2.05) is 19.9 Å². The van der Waals surface area contributed by atoms with Crippen molar-refractivity contribution >= 4 is 29.1 Å². The number of hydrogen-bond acceptors (Lipinski definition) is 5. The second-order valence-corrected chi connectivity index (χ2v) is 6.98. The van der Waals surface area contributed by atoms with Gasteiger partial charge in [-0.3, -0.25) is 19.2 Å². The number of nitrogens with one attached hydrogen (secondary N) is 1. The highest BCUT2D eigenvalue weighted by atomic mass is 16.5. The predicted octanol–water partition coefficient (Wildman–Crippen LogP) is 4.04. The van der Waals surface area contributed by atoms with Gasteiger partial charge in [0, 0.05) is 23.2 Å². The fourth-order valence-corrected chi connectivity index (χ4v) is 2.62. The third-order valence-corrected chi connectivity index (χ3v) is 4.62. The molecule has 0 saturated heterocycles. The van der Waals surface area contributed by atoms with Crippen LogP contribution in [-0.2, 0) is 14.3 Å². The first kappa shape index (κ1) is 22.0. The van der Waals surface area contributed by atoms with Crippen molar-refractivity contribution in [2.45, 2.75) is 46.6 Å². The normalized spacial score (nSPS) is 11.4. The number of amides is 1. The highest BCUT2D eigenvalue weighted by molar-refractivity contribution is 5.99. The van der Waals surface area contributed by atoms with Crippen molar-refractivity contribution in [2.24, 2.45) is 0 Å². The van der Waals surface area contributed by atoms with Gasteiger partial charge in [-0.25, -0.2) is 0 Å². The molecule has 1 N–H and O–H groups in total. The third-order valence-electron chi connectivity index (χ3n) is 4.62. The second-order valence-electron chi connectivity index (χ2n) is 6.98. The molecule has 0 radical (unpaired) electrons. The topological polar surface area (TPSA) is 89.5 Å². The van der Waals surface area contributed by atoms with Crippen molar-refractivity contribution in [2.75, 3.05) is 5.32 Å². The lowest BCUT2D eigenvalue weighted by Gasteiger charge is -2.13. The molecule has 0 aromatic heterocycles. The molecule has 0 aliphatic carbocycles. The van der Waals surface area contributed by atoms with Gasteiger partial charge in [-0.1, -0.05) is 12.1 Å². The maximum absolute atomic E-state index is 12.2. The molecular weight excluding hydrogens is 370 g/mol. The fourth-order valence-electron chi connectivity index (χ4n) is 2.62. The van der Waals surface area contributed by atoms with Crippen LogP contribution in [0.25, 0.3) is 0 Å². The van der Waals surface area contributed by atoms with Crippen molar-refractivity contribution < 1.29 is 23.9 Å². The number of Topliss-reactive ketones (excluding diaryl/α,β-unsaturated/α-hetero) is 2. The van der Waals surface area contributed by atoms with E-state index in [-0.39, 0.29) is 24.4 Å². The number of esters is 1. The van der Waals surface area contributed by atoms with Crippen LogP contribution >= 0.6 is 0 Å². The van der Waals surface area contributed by atoms with Gasteiger partial charge >= 0.3 is 5.97 Å². The molecular formula is C23H25NO5. The van der Waals surface area contributed by atoms with E-state index in [4.69, 9.17) is 4.74 Å². The molecule has 2 aromatic rings. The number of carbonyl (C=O) groups is 4. The average molecular weight is 395 g/mol. The Morgan fingerprint density at radius 2 is 1.52 bits per heavy atom. The zero-order chi connectivity index (χ0) is 21.6. The summed E-state index contributed by atoms with van der Waals surface area (Å²) in [5, 5.41) is 2.62. The summed E-state index contributed by atoms with van der Waals surface area (Å²) in [7, 11) is 0. The molecule has 0 fully saturated rings. The van der Waals surface area contributed by atoms with Gasteiger partial charge < -0.3 is 10.1 Å². The first-order chi connectivity index (χ1) is 13.7. The van der Waals surface area contributed by atoms with E-state index in [9.17, 15) is 19.2 Å². The Morgan fingerprint density at radius 3 is 2.10 bits per heavy atom. The zero-order valence-corrected chi connectivity index (χ0v) is 17.1. The van der Waals surface area contributed by atoms with E-state index in [0.717, 1.165) is 11.1 Å². The molecule has 0 unspecified atom stereocenters. The number of ketones is 2. The lowest BCUT2D eigenvalue weighted by Crippen LogP contribution is -2.30. The summed E-state index contributed by atoms with van der Waals surface area (Å²) in [6.07, 6.45) is -1.09. The Kier molecular flexibility index (Phi) is 7.42. The summed E-state index contributed by atoms with van der Waals surface area (Å²) in [6, 6.07) is 11.8. The predicted molar refractivity (Wildman–Crippen MR) is 110 cm³/mol. The molecule has 0 aliphatic rings. The van der Waals surface area contributed by atoms with Gasteiger partial charge in [0.2, 0.25) is 0 Å². The fraction of sp³-hybridized carbons (Fsp3) is 0.304. The first-order valence-electron chi connectivity index (χ1n) is 9.39. The molecule has 2 rings (SSSR count). The number of benzene rings is 2. The Bertz CT molecular complexity index is 931. The lowest BCUT2D eigenvalue weighted by atomic mass is 10.0. The minimum atomic E-state index is -1.01. The van der Waals surface area contributed by atoms with Crippen molar-refractivity contribution in [3.63, 3.8) is 0 Å². The van der Waals surface area contributed by atoms with Crippen LogP contribution in [0.2, 0.25) is 0 Å². The molecule has 152 valence electrons. The van der Waals surface area contributed by atoms with E-state index >= 15 is 0 Å². The zero-order valence-electron chi connectivity index (χ0n) is 17.1. The molecule has 1 atom stereocenters. The quantitative estimate of drug-likeness (QED) is 0.538. The van der Waals surface area contributed by atoms with Crippen molar-refractivity contribution in [3.8, 4) is 0 Å². The summed E-state index contributed by atoms with van der Waals surface area (Å²) in [4.78, 5) is 47.7. The van der Waals surface area contributed by atoms with Crippen LogP contribution < -0.4 is 5.32 Å². The number of rotatable bonds is 8. The number of aryl methyl sites for hydroxylation is 2. The smallest absolute Gasteiger partial charge is 0.307 e. The van der Waals surface area contributed by atoms with E-state index in [2.05, 4.69) is 5.32 Å². The van der Waals surface area contributed by atoms with Crippen LogP contribution in [0.15, 0.2) is 42.5 Å². The monoisotopic (exact) mass is 395 g/mol.